The van der Waals surface area contributed by atoms with E-state index in [0.29, 0.717) is 15.5 Å². The van der Waals surface area contributed by atoms with Crippen LogP contribution in [0.3, 0.4) is 0 Å². The molecule has 0 nitrogen and oxygen atoms in total. The number of hydrogen-bond acceptors (Lipinski definition) is 0. The van der Waals surface area contributed by atoms with E-state index in [1.807, 2.05) is 5.17 Å². The normalized spacial score (nSPS) is 29.2. The fraction of sp³-hybridized carbons (Fsp3) is 0.571. The van der Waals surface area contributed by atoms with E-state index in [0.717, 1.165) is 6.42 Å². The fourth-order valence-corrected chi connectivity index (χ4v) is 15.3. The van der Waals surface area contributed by atoms with E-state index in [2.05, 4.69) is 52.1 Å². The quantitative estimate of drug-likeness (QED) is 0.322. The second-order valence-electron chi connectivity index (χ2n) is 7.86. The van der Waals surface area contributed by atoms with Gasteiger partial charge in [0.25, 0.3) is 0 Å². The summed E-state index contributed by atoms with van der Waals surface area (Å²) in [6, 6.07) is 0. The van der Waals surface area contributed by atoms with Crippen molar-refractivity contribution in [2.45, 2.75) is 63.2 Å². The third-order valence-electron chi connectivity index (χ3n) is 6.32. The van der Waals surface area contributed by atoms with Crippen molar-refractivity contribution >= 4 is 30.7 Å². The van der Waals surface area contributed by atoms with E-state index in [-0.39, 0.29) is 0 Å². The predicted octanol–water partition coefficient (Wildman–Crippen LogP) is 7.18. The molecule has 0 heterocycles. The first-order valence-electron chi connectivity index (χ1n) is 9.53. The van der Waals surface area contributed by atoms with Crippen LogP contribution in [-0.2, 0) is 19.1 Å². The Kier molecular flexibility index (Phi) is 6.68. The number of rotatable bonds is 3. The van der Waals surface area contributed by atoms with Gasteiger partial charge in [-0.3, -0.25) is 0 Å². The summed E-state index contributed by atoms with van der Waals surface area (Å²) >= 11 is -2.60. The molecule has 0 saturated heterocycles. The van der Waals surface area contributed by atoms with Gasteiger partial charge < -0.3 is 0 Å². The molecule has 135 valence electrons. The summed E-state index contributed by atoms with van der Waals surface area (Å²) in [6.45, 7) is 12.1. The summed E-state index contributed by atoms with van der Waals surface area (Å²) in [5.41, 5.74) is 7.85. The van der Waals surface area contributed by atoms with Crippen LogP contribution in [0.2, 0.25) is 16.8 Å². The van der Waals surface area contributed by atoms with Gasteiger partial charge in [0.1, 0.15) is 0 Å². The van der Waals surface area contributed by atoms with Crippen molar-refractivity contribution in [3.05, 3.63) is 46.1 Å². The molecule has 3 atom stereocenters. The van der Waals surface area contributed by atoms with Gasteiger partial charge in [-0.15, -0.1) is 0 Å². The zero-order valence-corrected chi connectivity index (χ0v) is 22.2. The van der Waals surface area contributed by atoms with Crippen LogP contribution < -0.4 is 0 Å². The van der Waals surface area contributed by atoms with Gasteiger partial charge in [-0.2, -0.15) is 0 Å². The number of allylic oxidation sites excluding steroid dienone is 8. The van der Waals surface area contributed by atoms with E-state index >= 15 is 0 Å². The zero-order valence-electron chi connectivity index (χ0n) is 16.0. The van der Waals surface area contributed by atoms with Gasteiger partial charge in [0.05, 0.1) is 0 Å². The minimum atomic E-state index is -2.60. The van der Waals surface area contributed by atoms with Crippen LogP contribution in [0.4, 0.5) is 0 Å². The molecule has 0 aromatic heterocycles. The molecule has 0 bridgehead atoms. The molecule has 3 unspecified atom stereocenters. The van der Waals surface area contributed by atoms with E-state index in [4.69, 9.17) is 17.2 Å². The SMILES string of the molecule is CCC1CCC(=[Si](C)C)C(C)C2=C1[CH]([Hf]([Cl])[Cl])C(C)=C2C1=CC=CC1. The van der Waals surface area contributed by atoms with E-state index in [9.17, 15) is 0 Å². The molecule has 0 aromatic carbocycles. The van der Waals surface area contributed by atoms with Gasteiger partial charge in [0.15, 0.2) is 0 Å². The predicted molar refractivity (Wildman–Crippen MR) is 112 cm³/mol. The molecule has 4 heteroatoms. The Bertz CT molecular complexity index is 720. The molecule has 3 aliphatic rings. The summed E-state index contributed by atoms with van der Waals surface area (Å²) < 4.78 is 0.413. The summed E-state index contributed by atoms with van der Waals surface area (Å²) in [5, 5.41) is 1.82. The van der Waals surface area contributed by atoms with Crippen LogP contribution in [0.5, 0.6) is 0 Å². The summed E-state index contributed by atoms with van der Waals surface area (Å²) in [6.07, 6.45) is 11.7. The van der Waals surface area contributed by atoms with E-state index in [1.54, 1.807) is 16.7 Å². The Hall–Kier alpha value is 0.497. The van der Waals surface area contributed by atoms with Crippen molar-refractivity contribution in [2.75, 3.05) is 0 Å². The Morgan fingerprint density at radius 2 is 2.00 bits per heavy atom. The third kappa shape index (κ3) is 3.62. The molecule has 25 heavy (non-hydrogen) atoms. The van der Waals surface area contributed by atoms with Gasteiger partial charge in [-0.1, -0.05) is 0 Å². The Morgan fingerprint density at radius 3 is 2.52 bits per heavy atom. The second-order valence-corrected chi connectivity index (χ2v) is 22.9. The van der Waals surface area contributed by atoms with Crippen LogP contribution in [-0.4, -0.2) is 13.6 Å². The summed E-state index contributed by atoms with van der Waals surface area (Å²) in [4.78, 5) is 0. The summed E-state index contributed by atoms with van der Waals surface area (Å²) in [7, 11) is 13.1. The number of halogens is 2. The van der Waals surface area contributed by atoms with Gasteiger partial charge in [0.2, 0.25) is 0 Å². The average Bonchev–Trinajstić information content (AvgIpc) is 3.13. The van der Waals surface area contributed by atoms with Crippen molar-refractivity contribution in [1.29, 1.82) is 0 Å². The fourth-order valence-electron chi connectivity index (χ4n) is 5.14. The van der Waals surface area contributed by atoms with Gasteiger partial charge >= 0.3 is 171 Å². The van der Waals surface area contributed by atoms with Gasteiger partial charge in [-0.25, -0.2) is 0 Å². The van der Waals surface area contributed by atoms with E-state index in [1.165, 1.54) is 30.4 Å². The molecule has 0 N–H and O–H groups in total. The molecule has 3 rings (SSSR count). The Balaban J connectivity index is 2.24. The van der Waals surface area contributed by atoms with Crippen molar-refractivity contribution < 1.29 is 19.1 Å². The Labute approximate surface area is 170 Å². The first-order chi connectivity index (χ1) is 11.9. The molecule has 0 aromatic rings. The first kappa shape index (κ1) is 20.2. The van der Waals surface area contributed by atoms with Crippen molar-refractivity contribution in [3.63, 3.8) is 0 Å². The maximum atomic E-state index is 6.77. The topological polar surface area (TPSA) is 0 Å². The standard InChI is InChI=1S/C21H29Si.2ClH.Hf/c1-6-16-11-12-19(22(4)5)15(3)21-18(16)13-14(2)20(21)17-9-7-8-10-17;;;/h7-9,13,15-16H,6,10-12H2,1-5H3;2*1H;/q;;;+2/p-2. The van der Waals surface area contributed by atoms with Crippen molar-refractivity contribution in [3.8, 4) is 0 Å². The van der Waals surface area contributed by atoms with Crippen LogP contribution in [0.15, 0.2) is 46.1 Å². The zero-order chi connectivity index (χ0) is 18.3. The minimum absolute atomic E-state index is 0.400. The van der Waals surface area contributed by atoms with Crippen LogP contribution >= 0.6 is 17.2 Å². The van der Waals surface area contributed by atoms with Gasteiger partial charge in [-0.05, 0) is 0 Å². The molecular formula is C21H29Cl2HfSi. The van der Waals surface area contributed by atoms with Crippen LogP contribution in [0.1, 0.15) is 46.5 Å². The first-order valence-corrected chi connectivity index (χ1v) is 23.0. The maximum absolute atomic E-state index is 6.77. The van der Waals surface area contributed by atoms with Gasteiger partial charge in [0, 0.05) is 0 Å². The molecule has 3 aliphatic carbocycles. The second kappa shape index (κ2) is 8.25. The van der Waals surface area contributed by atoms with Crippen LogP contribution in [0.25, 0.3) is 0 Å². The molecule has 0 aliphatic heterocycles. The molecular weight excluding hydrogens is 530 g/mol. The van der Waals surface area contributed by atoms with Crippen LogP contribution in [0, 0.1) is 11.8 Å². The average molecular weight is 559 g/mol. The monoisotopic (exact) mass is 559 g/mol. The molecule has 0 spiro atoms. The van der Waals surface area contributed by atoms with Crippen molar-refractivity contribution in [2.24, 2.45) is 11.8 Å². The molecule has 0 radical (unpaired) electrons. The number of hydrogen-bond donors (Lipinski definition) is 0. The Morgan fingerprint density at radius 1 is 1.28 bits per heavy atom. The molecule has 0 saturated carbocycles. The van der Waals surface area contributed by atoms with Crippen molar-refractivity contribution in [1.82, 2.24) is 0 Å². The molecule has 0 amide bonds. The third-order valence-corrected chi connectivity index (χ3v) is 16.1. The summed E-state index contributed by atoms with van der Waals surface area (Å²) in [5.74, 6) is 1.24. The van der Waals surface area contributed by atoms with E-state index < -0.39 is 27.5 Å². The molecule has 0 fully saturated rings.